The Morgan fingerprint density at radius 2 is 1.61 bits per heavy atom. The van der Waals surface area contributed by atoms with Crippen LogP contribution in [-0.4, -0.2) is 4.98 Å². The Bertz CT molecular complexity index is 737. The van der Waals surface area contributed by atoms with Crippen molar-refractivity contribution in [2.75, 3.05) is 0 Å². The van der Waals surface area contributed by atoms with Crippen LogP contribution in [0.3, 0.4) is 0 Å². The van der Waals surface area contributed by atoms with Crippen molar-refractivity contribution in [3.8, 4) is 17.3 Å². The quantitative estimate of drug-likeness (QED) is 0.638. The van der Waals surface area contributed by atoms with Crippen molar-refractivity contribution in [1.29, 1.82) is 5.26 Å². The molecule has 84 valence electrons. The third-order valence-electron chi connectivity index (χ3n) is 2.94. The average molecular weight is 230 g/mol. The Hall–Kier alpha value is -2.66. The smallest absolute Gasteiger partial charge is 0.0991 e. The lowest BCUT2D eigenvalue weighted by Gasteiger charge is -2.03. The normalized spacial score (nSPS) is 10.2. The molecule has 0 bridgehead atoms. The first-order valence-electron chi connectivity index (χ1n) is 5.72. The van der Waals surface area contributed by atoms with E-state index in [-0.39, 0.29) is 0 Å². The second kappa shape index (κ2) is 4.31. The van der Waals surface area contributed by atoms with Crippen molar-refractivity contribution in [3.63, 3.8) is 0 Å². The summed E-state index contributed by atoms with van der Waals surface area (Å²) in [6.45, 7) is 0. The van der Waals surface area contributed by atoms with Gasteiger partial charge in [0.15, 0.2) is 0 Å². The molecule has 2 heteroatoms. The molecule has 0 aliphatic carbocycles. The maximum Gasteiger partial charge on any atom is 0.0991 e. The van der Waals surface area contributed by atoms with Crippen LogP contribution in [0.4, 0.5) is 0 Å². The Labute approximate surface area is 105 Å². The van der Waals surface area contributed by atoms with Crippen molar-refractivity contribution >= 4 is 10.8 Å². The molecular weight excluding hydrogens is 220 g/mol. The fourth-order valence-electron chi connectivity index (χ4n) is 1.96. The largest absolute Gasteiger partial charge is 0.256 e. The Morgan fingerprint density at radius 1 is 0.889 bits per heavy atom. The van der Waals surface area contributed by atoms with Crippen LogP contribution in [0.15, 0.2) is 60.8 Å². The zero-order valence-electron chi connectivity index (χ0n) is 9.67. The predicted octanol–water partition coefficient (Wildman–Crippen LogP) is 3.77. The molecular formula is C16H10N2. The fourth-order valence-corrected chi connectivity index (χ4v) is 1.96. The molecule has 18 heavy (non-hydrogen) atoms. The lowest BCUT2D eigenvalue weighted by molar-refractivity contribution is 1.35. The lowest BCUT2D eigenvalue weighted by Crippen LogP contribution is -1.84. The van der Waals surface area contributed by atoms with Crippen molar-refractivity contribution < 1.29 is 0 Å². The second-order valence-corrected chi connectivity index (χ2v) is 4.11. The van der Waals surface area contributed by atoms with Crippen LogP contribution in [0.25, 0.3) is 22.0 Å². The summed E-state index contributed by atoms with van der Waals surface area (Å²) >= 11 is 0. The minimum Gasteiger partial charge on any atom is -0.256 e. The maximum atomic E-state index is 8.77. The number of fused-ring (bicyclic) bond motifs is 1. The summed E-state index contributed by atoms with van der Waals surface area (Å²) in [6, 6.07) is 19.8. The molecule has 3 aromatic rings. The molecule has 0 spiro atoms. The molecule has 1 heterocycles. The number of pyridine rings is 1. The molecule has 0 fully saturated rings. The Balaban J connectivity index is 2.10. The van der Waals surface area contributed by atoms with Gasteiger partial charge in [0.1, 0.15) is 0 Å². The monoisotopic (exact) mass is 230 g/mol. The highest BCUT2D eigenvalue weighted by Gasteiger charge is 2.01. The molecule has 2 nitrogen and oxygen atoms in total. The summed E-state index contributed by atoms with van der Waals surface area (Å²) in [5, 5.41) is 11.1. The number of benzene rings is 2. The number of nitriles is 1. The molecule has 0 atom stereocenters. The Morgan fingerprint density at radius 3 is 2.33 bits per heavy atom. The molecule has 0 saturated carbocycles. The summed E-state index contributed by atoms with van der Waals surface area (Å²) in [6.07, 6.45) is 1.88. The summed E-state index contributed by atoms with van der Waals surface area (Å²) in [5.74, 6) is 0. The topological polar surface area (TPSA) is 36.7 Å². The van der Waals surface area contributed by atoms with Crippen LogP contribution >= 0.6 is 0 Å². The third kappa shape index (κ3) is 1.83. The van der Waals surface area contributed by atoms with E-state index in [0.717, 1.165) is 16.6 Å². The SMILES string of the molecule is N#Cc1ccc(-c2cc3ccccc3cn2)cc1. The first-order valence-corrected chi connectivity index (χ1v) is 5.72. The predicted molar refractivity (Wildman–Crippen MR) is 71.9 cm³/mol. The molecule has 0 saturated heterocycles. The third-order valence-corrected chi connectivity index (χ3v) is 2.94. The molecule has 2 aromatic carbocycles. The highest BCUT2D eigenvalue weighted by Crippen LogP contribution is 2.21. The van der Waals surface area contributed by atoms with E-state index >= 15 is 0 Å². The molecule has 0 aliphatic rings. The number of hydrogen-bond donors (Lipinski definition) is 0. The van der Waals surface area contributed by atoms with Crippen LogP contribution < -0.4 is 0 Å². The van der Waals surface area contributed by atoms with Gasteiger partial charge in [0.2, 0.25) is 0 Å². The summed E-state index contributed by atoms with van der Waals surface area (Å²) < 4.78 is 0. The fraction of sp³-hybridized carbons (Fsp3) is 0. The van der Waals surface area contributed by atoms with Crippen LogP contribution in [0, 0.1) is 11.3 Å². The van der Waals surface area contributed by atoms with Gasteiger partial charge in [0.25, 0.3) is 0 Å². The molecule has 3 rings (SSSR count). The number of rotatable bonds is 1. The van der Waals surface area contributed by atoms with Crippen LogP contribution in [0.1, 0.15) is 5.56 Å². The zero-order valence-corrected chi connectivity index (χ0v) is 9.67. The van der Waals surface area contributed by atoms with Gasteiger partial charge in [-0.2, -0.15) is 5.26 Å². The molecule has 0 N–H and O–H groups in total. The minimum absolute atomic E-state index is 0.666. The average Bonchev–Trinajstić information content (AvgIpc) is 2.47. The van der Waals surface area contributed by atoms with E-state index in [1.807, 2.05) is 48.7 Å². The van der Waals surface area contributed by atoms with Crippen molar-refractivity contribution in [2.24, 2.45) is 0 Å². The van der Waals surface area contributed by atoms with E-state index in [1.54, 1.807) is 0 Å². The van der Waals surface area contributed by atoms with Gasteiger partial charge in [-0.3, -0.25) is 4.98 Å². The highest BCUT2D eigenvalue weighted by molar-refractivity contribution is 5.85. The Kier molecular flexibility index (Phi) is 2.51. The molecule has 0 unspecified atom stereocenters. The van der Waals surface area contributed by atoms with E-state index in [1.165, 1.54) is 5.39 Å². The molecule has 0 aliphatic heterocycles. The van der Waals surface area contributed by atoms with E-state index in [2.05, 4.69) is 23.2 Å². The van der Waals surface area contributed by atoms with E-state index in [4.69, 9.17) is 5.26 Å². The van der Waals surface area contributed by atoms with Gasteiger partial charge in [-0.05, 0) is 23.6 Å². The van der Waals surface area contributed by atoms with E-state index < -0.39 is 0 Å². The van der Waals surface area contributed by atoms with E-state index in [0.29, 0.717) is 5.56 Å². The van der Waals surface area contributed by atoms with Gasteiger partial charge < -0.3 is 0 Å². The summed E-state index contributed by atoms with van der Waals surface area (Å²) in [4.78, 5) is 4.45. The van der Waals surface area contributed by atoms with Gasteiger partial charge in [-0.15, -0.1) is 0 Å². The summed E-state index contributed by atoms with van der Waals surface area (Å²) in [5.41, 5.74) is 2.62. The lowest BCUT2D eigenvalue weighted by atomic mass is 10.1. The van der Waals surface area contributed by atoms with Gasteiger partial charge in [0.05, 0.1) is 17.3 Å². The maximum absolute atomic E-state index is 8.77. The van der Waals surface area contributed by atoms with Gasteiger partial charge in [-0.1, -0.05) is 36.4 Å². The summed E-state index contributed by atoms with van der Waals surface area (Å²) in [7, 11) is 0. The first kappa shape index (κ1) is 10.5. The molecule has 0 amide bonds. The number of hydrogen-bond acceptors (Lipinski definition) is 2. The standard InChI is InChI=1S/C16H10N2/c17-10-12-5-7-13(8-6-12)16-9-14-3-1-2-4-15(14)11-18-16/h1-9,11H. The second-order valence-electron chi connectivity index (χ2n) is 4.11. The van der Waals surface area contributed by atoms with Crippen molar-refractivity contribution in [2.45, 2.75) is 0 Å². The van der Waals surface area contributed by atoms with Crippen molar-refractivity contribution in [1.82, 2.24) is 4.98 Å². The number of aromatic nitrogens is 1. The van der Waals surface area contributed by atoms with Crippen LogP contribution in [0.2, 0.25) is 0 Å². The molecule has 0 radical (unpaired) electrons. The number of nitrogens with zero attached hydrogens (tertiary/aromatic N) is 2. The highest BCUT2D eigenvalue weighted by atomic mass is 14.7. The van der Waals surface area contributed by atoms with Crippen molar-refractivity contribution in [3.05, 3.63) is 66.4 Å². The van der Waals surface area contributed by atoms with Crippen LogP contribution in [-0.2, 0) is 0 Å². The first-order chi connectivity index (χ1) is 8.86. The van der Waals surface area contributed by atoms with Gasteiger partial charge >= 0.3 is 0 Å². The van der Waals surface area contributed by atoms with Gasteiger partial charge in [0, 0.05) is 17.1 Å². The van der Waals surface area contributed by atoms with Crippen LogP contribution in [0.5, 0.6) is 0 Å². The zero-order chi connectivity index (χ0) is 12.4. The molecule has 1 aromatic heterocycles. The van der Waals surface area contributed by atoms with E-state index in [9.17, 15) is 0 Å². The van der Waals surface area contributed by atoms with Gasteiger partial charge in [-0.25, -0.2) is 0 Å². The minimum atomic E-state index is 0.666.